The number of thiophene rings is 1. The molecule has 2 rings (SSSR count). The van der Waals surface area contributed by atoms with E-state index in [1.807, 2.05) is 16.8 Å². The quantitative estimate of drug-likeness (QED) is 0.799. The van der Waals surface area contributed by atoms with Gasteiger partial charge in [0.1, 0.15) is 0 Å². The van der Waals surface area contributed by atoms with Crippen molar-refractivity contribution in [2.45, 2.75) is 6.42 Å². The Morgan fingerprint density at radius 2 is 1.95 bits per heavy atom. The van der Waals surface area contributed by atoms with Gasteiger partial charge in [-0.1, -0.05) is 0 Å². The number of hydrogen-bond donors (Lipinski definition) is 0. The highest BCUT2D eigenvalue weighted by Crippen LogP contribution is 2.12. The van der Waals surface area contributed by atoms with Gasteiger partial charge in [0.15, 0.2) is 0 Å². The minimum Gasteiger partial charge on any atom is -0.340 e. The third-order valence-corrected chi connectivity index (χ3v) is 5.99. The third-order valence-electron chi connectivity index (χ3n) is 3.31. The van der Waals surface area contributed by atoms with E-state index < -0.39 is 10.2 Å². The topological polar surface area (TPSA) is 60.9 Å². The summed E-state index contributed by atoms with van der Waals surface area (Å²) < 4.78 is 26.6. The first-order valence-electron chi connectivity index (χ1n) is 6.37. The second-order valence-corrected chi connectivity index (χ2v) is 7.80. The zero-order valence-electron chi connectivity index (χ0n) is 11.7. The predicted octanol–water partition coefficient (Wildman–Crippen LogP) is 0.241. The molecule has 1 saturated heterocycles. The fraction of sp³-hybridized carbons (Fsp3) is 0.583. The third kappa shape index (κ3) is 3.38. The monoisotopic (exact) mass is 317 g/mol. The highest BCUT2D eigenvalue weighted by atomic mass is 32.2. The zero-order valence-corrected chi connectivity index (χ0v) is 13.3. The summed E-state index contributed by atoms with van der Waals surface area (Å²) >= 11 is 1.57. The molecule has 6 nitrogen and oxygen atoms in total. The van der Waals surface area contributed by atoms with Gasteiger partial charge in [-0.2, -0.15) is 28.4 Å². The van der Waals surface area contributed by atoms with Crippen LogP contribution in [0.2, 0.25) is 0 Å². The van der Waals surface area contributed by atoms with Crippen molar-refractivity contribution in [2.24, 2.45) is 0 Å². The maximum Gasteiger partial charge on any atom is 0.281 e. The molecule has 0 aromatic carbocycles. The molecule has 8 heteroatoms. The molecule has 1 aliphatic rings. The minimum absolute atomic E-state index is 0.0605. The van der Waals surface area contributed by atoms with Crippen molar-refractivity contribution in [3.8, 4) is 0 Å². The Labute approximate surface area is 123 Å². The molecule has 0 atom stereocenters. The molecule has 0 N–H and O–H groups in total. The van der Waals surface area contributed by atoms with Gasteiger partial charge < -0.3 is 4.90 Å². The van der Waals surface area contributed by atoms with Crippen LogP contribution in [0.3, 0.4) is 0 Å². The predicted molar refractivity (Wildman–Crippen MR) is 78.8 cm³/mol. The molecule has 1 aliphatic heterocycles. The van der Waals surface area contributed by atoms with Crippen molar-refractivity contribution in [1.29, 1.82) is 0 Å². The molecule has 2 heterocycles. The van der Waals surface area contributed by atoms with E-state index in [2.05, 4.69) is 0 Å². The number of rotatable bonds is 4. The number of nitrogens with zero attached hydrogens (tertiary/aromatic N) is 3. The van der Waals surface area contributed by atoms with E-state index in [9.17, 15) is 13.2 Å². The van der Waals surface area contributed by atoms with Gasteiger partial charge in [0.2, 0.25) is 5.91 Å². The summed E-state index contributed by atoms with van der Waals surface area (Å²) in [7, 11) is -0.334. The average Bonchev–Trinajstić information content (AvgIpc) is 2.91. The lowest BCUT2D eigenvalue weighted by Gasteiger charge is -2.35. The highest BCUT2D eigenvalue weighted by molar-refractivity contribution is 7.86. The molecule has 1 amide bonds. The zero-order chi connectivity index (χ0) is 14.8. The van der Waals surface area contributed by atoms with Gasteiger partial charge in [-0.25, -0.2) is 0 Å². The van der Waals surface area contributed by atoms with Crippen LogP contribution < -0.4 is 0 Å². The SMILES string of the molecule is CN(C)S(=O)(=O)N1CCN(C(=O)Cc2ccsc2)CC1. The molecule has 0 spiro atoms. The second kappa shape index (κ2) is 6.21. The van der Waals surface area contributed by atoms with Crippen LogP contribution in [0.4, 0.5) is 0 Å². The summed E-state index contributed by atoms with van der Waals surface area (Å²) in [6, 6.07) is 1.94. The van der Waals surface area contributed by atoms with Crippen molar-refractivity contribution in [2.75, 3.05) is 40.3 Å². The van der Waals surface area contributed by atoms with E-state index in [4.69, 9.17) is 0 Å². The Morgan fingerprint density at radius 1 is 1.30 bits per heavy atom. The molecule has 0 aliphatic carbocycles. The molecule has 1 aromatic rings. The van der Waals surface area contributed by atoms with E-state index in [1.54, 1.807) is 16.2 Å². The Bertz CT molecular complexity index is 547. The van der Waals surface area contributed by atoms with Crippen molar-refractivity contribution < 1.29 is 13.2 Å². The molecule has 0 radical (unpaired) electrons. The van der Waals surface area contributed by atoms with E-state index in [-0.39, 0.29) is 5.91 Å². The van der Waals surface area contributed by atoms with E-state index >= 15 is 0 Å². The second-order valence-electron chi connectivity index (χ2n) is 4.88. The summed E-state index contributed by atoms with van der Waals surface area (Å²) in [6.45, 7) is 1.62. The molecule has 112 valence electrons. The first-order chi connectivity index (χ1) is 9.41. The van der Waals surface area contributed by atoms with Gasteiger partial charge in [0.25, 0.3) is 10.2 Å². The van der Waals surface area contributed by atoms with Crippen LogP contribution in [0.25, 0.3) is 0 Å². The smallest absolute Gasteiger partial charge is 0.281 e. The maximum absolute atomic E-state index is 12.1. The van der Waals surface area contributed by atoms with Gasteiger partial charge in [0, 0.05) is 40.3 Å². The van der Waals surface area contributed by atoms with Gasteiger partial charge >= 0.3 is 0 Å². The van der Waals surface area contributed by atoms with Gasteiger partial charge in [-0.05, 0) is 22.4 Å². The Kier molecular flexibility index (Phi) is 4.79. The first kappa shape index (κ1) is 15.4. The van der Waals surface area contributed by atoms with Crippen LogP contribution in [0, 0.1) is 0 Å². The maximum atomic E-state index is 12.1. The van der Waals surface area contributed by atoms with Crippen LogP contribution in [0.15, 0.2) is 16.8 Å². The minimum atomic E-state index is -3.37. The molecule has 0 unspecified atom stereocenters. The van der Waals surface area contributed by atoms with Gasteiger partial charge in [0.05, 0.1) is 6.42 Å². The molecular weight excluding hydrogens is 298 g/mol. The number of amides is 1. The Hall–Kier alpha value is -0.960. The van der Waals surface area contributed by atoms with E-state index in [1.165, 1.54) is 22.7 Å². The van der Waals surface area contributed by atoms with Crippen LogP contribution >= 0.6 is 11.3 Å². The molecule has 1 aromatic heterocycles. The van der Waals surface area contributed by atoms with Crippen molar-refractivity contribution >= 4 is 27.5 Å². The summed E-state index contributed by atoms with van der Waals surface area (Å²) in [5.41, 5.74) is 1.02. The first-order valence-corrected chi connectivity index (χ1v) is 8.71. The molecule has 20 heavy (non-hydrogen) atoms. The number of piperazine rings is 1. The van der Waals surface area contributed by atoms with Gasteiger partial charge in [-0.3, -0.25) is 4.79 Å². The van der Waals surface area contributed by atoms with Crippen LogP contribution in [0.1, 0.15) is 5.56 Å². The summed E-state index contributed by atoms with van der Waals surface area (Å²) in [4.78, 5) is 13.8. The van der Waals surface area contributed by atoms with Crippen LogP contribution in [0.5, 0.6) is 0 Å². The average molecular weight is 317 g/mol. The summed E-state index contributed by atoms with van der Waals surface area (Å²) in [6.07, 6.45) is 0.393. The number of carbonyl (C=O) groups excluding carboxylic acids is 1. The summed E-state index contributed by atoms with van der Waals surface area (Å²) in [5, 5.41) is 3.91. The standard InChI is InChI=1S/C12H19N3O3S2/c1-13(2)20(17,18)15-6-4-14(5-7-15)12(16)9-11-3-8-19-10-11/h3,8,10H,4-7,9H2,1-2H3. The molecule has 1 fully saturated rings. The molecular formula is C12H19N3O3S2. The van der Waals surface area contributed by atoms with Crippen LogP contribution in [-0.4, -0.2) is 68.1 Å². The van der Waals surface area contributed by atoms with E-state index in [0.717, 1.165) is 5.56 Å². The Balaban J connectivity index is 1.90. The van der Waals surface area contributed by atoms with Crippen molar-refractivity contribution in [3.63, 3.8) is 0 Å². The van der Waals surface area contributed by atoms with Crippen LogP contribution in [-0.2, 0) is 21.4 Å². The number of carbonyl (C=O) groups is 1. The van der Waals surface area contributed by atoms with Crippen molar-refractivity contribution in [1.82, 2.24) is 13.5 Å². The lowest BCUT2D eigenvalue weighted by atomic mass is 10.2. The molecule has 0 bridgehead atoms. The largest absolute Gasteiger partial charge is 0.340 e. The van der Waals surface area contributed by atoms with E-state index in [0.29, 0.717) is 32.6 Å². The fourth-order valence-electron chi connectivity index (χ4n) is 2.08. The fourth-order valence-corrected chi connectivity index (χ4v) is 3.83. The number of hydrogen-bond acceptors (Lipinski definition) is 4. The normalized spacial score (nSPS) is 17.6. The lowest BCUT2D eigenvalue weighted by molar-refractivity contribution is -0.131. The molecule has 0 saturated carbocycles. The van der Waals surface area contributed by atoms with Gasteiger partial charge in [-0.15, -0.1) is 0 Å². The Morgan fingerprint density at radius 3 is 2.45 bits per heavy atom. The lowest BCUT2D eigenvalue weighted by Crippen LogP contribution is -2.53. The van der Waals surface area contributed by atoms with Crippen molar-refractivity contribution in [3.05, 3.63) is 22.4 Å². The highest BCUT2D eigenvalue weighted by Gasteiger charge is 2.30. The summed E-state index contributed by atoms with van der Waals surface area (Å²) in [5.74, 6) is 0.0605.